The van der Waals surface area contributed by atoms with Crippen LogP contribution in [0.1, 0.15) is 37.3 Å². The van der Waals surface area contributed by atoms with Gasteiger partial charge in [0.15, 0.2) is 0 Å². The van der Waals surface area contributed by atoms with Crippen LogP contribution in [0.25, 0.3) is 0 Å². The summed E-state index contributed by atoms with van der Waals surface area (Å²) in [5.74, 6) is 1.35. The van der Waals surface area contributed by atoms with Crippen LogP contribution in [0.4, 0.5) is 0 Å². The van der Waals surface area contributed by atoms with E-state index in [0.717, 1.165) is 17.7 Å². The van der Waals surface area contributed by atoms with Crippen molar-refractivity contribution in [3.05, 3.63) is 29.3 Å². The molecule has 2 unspecified atom stereocenters. The van der Waals surface area contributed by atoms with Crippen LogP contribution in [-0.2, 0) is 0 Å². The zero-order chi connectivity index (χ0) is 10.1. The highest BCUT2D eigenvalue weighted by molar-refractivity contribution is 5.46. The normalized spacial score (nSPS) is 23.8. The van der Waals surface area contributed by atoms with Gasteiger partial charge in [0, 0.05) is 11.5 Å². The average Bonchev–Trinajstić information content (AvgIpc) is 2.55. The quantitative estimate of drug-likeness (QED) is 0.677. The van der Waals surface area contributed by atoms with Gasteiger partial charge in [0.2, 0.25) is 0 Å². The summed E-state index contributed by atoms with van der Waals surface area (Å²) in [6.45, 7) is 4.28. The molecule has 0 fully saturated rings. The molecule has 0 aromatic heterocycles. The minimum absolute atomic E-state index is 0.277. The van der Waals surface area contributed by atoms with Crippen LogP contribution in [0.15, 0.2) is 18.2 Å². The molecule has 2 rings (SSSR count). The van der Waals surface area contributed by atoms with Crippen LogP contribution in [0.2, 0.25) is 0 Å². The van der Waals surface area contributed by atoms with E-state index >= 15 is 0 Å². The molecule has 1 aliphatic rings. The Morgan fingerprint density at radius 2 is 2.29 bits per heavy atom. The van der Waals surface area contributed by atoms with Crippen molar-refractivity contribution in [3.63, 3.8) is 0 Å². The maximum atomic E-state index is 8.79. The lowest BCUT2D eigenvalue weighted by Crippen LogP contribution is -2.14. The van der Waals surface area contributed by atoms with E-state index in [-0.39, 0.29) is 6.10 Å². The fourth-order valence-corrected chi connectivity index (χ4v) is 1.98. The molecule has 0 aliphatic carbocycles. The van der Waals surface area contributed by atoms with Crippen molar-refractivity contribution in [1.82, 2.24) is 0 Å². The smallest absolute Gasteiger partial charge is 0.123 e. The van der Waals surface area contributed by atoms with Gasteiger partial charge in [-0.1, -0.05) is 13.8 Å². The number of ether oxygens (including phenoxy) is 1. The zero-order valence-electron chi connectivity index (χ0n) is 8.45. The third kappa shape index (κ3) is 1.26. The van der Waals surface area contributed by atoms with E-state index in [1.54, 1.807) is 0 Å². The van der Waals surface area contributed by atoms with Crippen molar-refractivity contribution in [1.29, 1.82) is 5.26 Å². The largest absolute Gasteiger partial charge is 0.490 e. The monoisotopic (exact) mass is 187 g/mol. The van der Waals surface area contributed by atoms with E-state index in [9.17, 15) is 0 Å². The van der Waals surface area contributed by atoms with Gasteiger partial charge in [0.05, 0.1) is 11.6 Å². The minimum Gasteiger partial charge on any atom is -0.490 e. The summed E-state index contributed by atoms with van der Waals surface area (Å²) in [4.78, 5) is 0. The van der Waals surface area contributed by atoms with Crippen molar-refractivity contribution < 1.29 is 4.74 Å². The fourth-order valence-electron chi connectivity index (χ4n) is 1.98. The first-order valence-corrected chi connectivity index (χ1v) is 4.97. The van der Waals surface area contributed by atoms with Crippen molar-refractivity contribution in [3.8, 4) is 11.8 Å². The zero-order valence-corrected chi connectivity index (χ0v) is 8.45. The molecule has 2 atom stereocenters. The van der Waals surface area contributed by atoms with Crippen LogP contribution in [-0.4, -0.2) is 6.10 Å². The van der Waals surface area contributed by atoms with Gasteiger partial charge in [-0.05, 0) is 24.6 Å². The lowest BCUT2D eigenvalue weighted by atomic mass is 9.95. The van der Waals surface area contributed by atoms with Crippen molar-refractivity contribution in [2.45, 2.75) is 32.3 Å². The van der Waals surface area contributed by atoms with Crippen LogP contribution < -0.4 is 4.74 Å². The average molecular weight is 187 g/mol. The molecule has 1 aromatic carbocycles. The maximum Gasteiger partial charge on any atom is 0.123 e. The molecule has 0 spiro atoms. The second-order valence-corrected chi connectivity index (χ2v) is 3.72. The predicted octanol–water partition coefficient (Wildman–Crippen LogP) is 2.83. The van der Waals surface area contributed by atoms with Crippen LogP contribution in [0.3, 0.4) is 0 Å². The van der Waals surface area contributed by atoms with E-state index in [4.69, 9.17) is 10.00 Å². The van der Waals surface area contributed by atoms with Gasteiger partial charge in [-0.2, -0.15) is 5.26 Å². The van der Waals surface area contributed by atoms with Gasteiger partial charge in [-0.15, -0.1) is 0 Å². The molecule has 0 radical (unpaired) electrons. The highest BCUT2D eigenvalue weighted by Gasteiger charge is 2.29. The van der Waals surface area contributed by atoms with Crippen molar-refractivity contribution in [2.24, 2.45) is 0 Å². The third-order valence-corrected chi connectivity index (χ3v) is 2.87. The molecule has 0 saturated heterocycles. The summed E-state index contributed by atoms with van der Waals surface area (Å²) in [7, 11) is 0. The molecule has 14 heavy (non-hydrogen) atoms. The molecule has 1 aliphatic heterocycles. The second kappa shape index (κ2) is 3.34. The Labute approximate surface area is 84.1 Å². The molecule has 1 heterocycles. The predicted molar refractivity (Wildman–Crippen MR) is 54.3 cm³/mol. The van der Waals surface area contributed by atoms with E-state index in [2.05, 4.69) is 19.9 Å². The van der Waals surface area contributed by atoms with E-state index in [1.807, 2.05) is 18.2 Å². The summed E-state index contributed by atoms with van der Waals surface area (Å²) < 4.78 is 5.76. The number of benzene rings is 1. The van der Waals surface area contributed by atoms with Crippen LogP contribution >= 0.6 is 0 Å². The number of rotatable bonds is 1. The highest BCUT2D eigenvalue weighted by atomic mass is 16.5. The second-order valence-electron chi connectivity index (χ2n) is 3.72. The molecule has 0 amide bonds. The molecule has 72 valence electrons. The van der Waals surface area contributed by atoms with E-state index < -0.39 is 0 Å². The third-order valence-electron chi connectivity index (χ3n) is 2.87. The van der Waals surface area contributed by atoms with Crippen LogP contribution in [0.5, 0.6) is 5.75 Å². The molecular formula is C12H13NO. The topological polar surface area (TPSA) is 33.0 Å². The Hall–Kier alpha value is -1.49. The Morgan fingerprint density at radius 1 is 1.50 bits per heavy atom. The van der Waals surface area contributed by atoms with Gasteiger partial charge in [0.25, 0.3) is 0 Å². The lowest BCUT2D eigenvalue weighted by Gasteiger charge is -2.11. The Balaban J connectivity index is 2.41. The maximum absolute atomic E-state index is 8.79. The number of hydrogen-bond acceptors (Lipinski definition) is 2. The Bertz CT molecular complexity index is 392. The SMILES string of the molecule is CCC1Oc2ccc(C#N)cc2C1C. The Kier molecular flexibility index (Phi) is 2.17. The van der Waals surface area contributed by atoms with E-state index in [1.165, 1.54) is 5.56 Å². The van der Waals surface area contributed by atoms with Gasteiger partial charge in [-0.25, -0.2) is 0 Å². The number of nitriles is 1. The first-order valence-electron chi connectivity index (χ1n) is 4.97. The molecule has 2 nitrogen and oxygen atoms in total. The Morgan fingerprint density at radius 3 is 2.93 bits per heavy atom. The van der Waals surface area contributed by atoms with Crippen LogP contribution in [0, 0.1) is 11.3 Å². The lowest BCUT2D eigenvalue weighted by molar-refractivity contribution is 0.206. The standard InChI is InChI=1S/C12H13NO/c1-3-11-8(2)10-6-9(7-13)4-5-12(10)14-11/h4-6,8,11H,3H2,1-2H3. The first-order chi connectivity index (χ1) is 6.76. The molecule has 0 saturated carbocycles. The number of fused-ring (bicyclic) bond motifs is 1. The highest BCUT2D eigenvalue weighted by Crippen LogP contribution is 2.39. The van der Waals surface area contributed by atoms with Gasteiger partial charge in [-0.3, -0.25) is 0 Å². The molecular weight excluding hydrogens is 174 g/mol. The summed E-state index contributed by atoms with van der Waals surface area (Å²) in [5.41, 5.74) is 1.90. The molecule has 1 aromatic rings. The number of nitrogens with zero attached hydrogens (tertiary/aromatic N) is 1. The molecule has 0 N–H and O–H groups in total. The molecule has 2 heteroatoms. The minimum atomic E-state index is 0.277. The van der Waals surface area contributed by atoms with Gasteiger partial charge >= 0.3 is 0 Å². The first kappa shape index (κ1) is 9.08. The van der Waals surface area contributed by atoms with Gasteiger partial charge < -0.3 is 4.74 Å². The van der Waals surface area contributed by atoms with E-state index in [0.29, 0.717) is 5.92 Å². The van der Waals surface area contributed by atoms with Gasteiger partial charge in [0.1, 0.15) is 11.9 Å². The summed E-state index contributed by atoms with van der Waals surface area (Å²) in [6.07, 6.45) is 1.29. The summed E-state index contributed by atoms with van der Waals surface area (Å²) in [5, 5.41) is 8.79. The van der Waals surface area contributed by atoms with Crippen molar-refractivity contribution in [2.75, 3.05) is 0 Å². The van der Waals surface area contributed by atoms with Crippen molar-refractivity contribution >= 4 is 0 Å². The summed E-state index contributed by atoms with van der Waals surface area (Å²) in [6, 6.07) is 7.81. The number of hydrogen-bond donors (Lipinski definition) is 0. The fraction of sp³-hybridized carbons (Fsp3) is 0.417. The summed E-state index contributed by atoms with van der Waals surface area (Å²) >= 11 is 0. The molecule has 0 bridgehead atoms.